The van der Waals surface area contributed by atoms with Crippen LogP contribution >= 0.6 is 11.8 Å². The molecule has 102 valence electrons. The van der Waals surface area contributed by atoms with Crippen LogP contribution in [0.2, 0.25) is 0 Å². The van der Waals surface area contributed by atoms with Crippen LogP contribution in [0.15, 0.2) is 6.20 Å². The maximum absolute atomic E-state index is 4.22. The smallest absolute Gasteiger partial charge is 0.0767 e. The molecular formula is C13H24N4S. The summed E-state index contributed by atoms with van der Waals surface area (Å²) in [5.74, 6) is 1.29. The SMILES string of the molecule is CCCn1nncc1C(NCC)C1CCCCS1. The fourth-order valence-electron chi connectivity index (χ4n) is 2.57. The first kappa shape index (κ1) is 13.9. The van der Waals surface area contributed by atoms with Gasteiger partial charge in [-0.15, -0.1) is 5.10 Å². The highest BCUT2D eigenvalue weighted by Gasteiger charge is 2.27. The molecule has 1 aliphatic rings. The maximum Gasteiger partial charge on any atom is 0.0767 e. The van der Waals surface area contributed by atoms with Crippen molar-refractivity contribution in [1.29, 1.82) is 0 Å². The first-order chi connectivity index (χ1) is 8.86. The summed E-state index contributed by atoms with van der Waals surface area (Å²) in [6, 6.07) is 0.404. The van der Waals surface area contributed by atoms with E-state index in [4.69, 9.17) is 0 Å². The summed E-state index contributed by atoms with van der Waals surface area (Å²) >= 11 is 2.10. The van der Waals surface area contributed by atoms with E-state index in [1.165, 1.54) is 30.7 Å². The topological polar surface area (TPSA) is 42.7 Å². The fraction of sp³-hybridized carbons (Fsp3) is 0.846. The van der Waals surface area contributed by atoms with Crippen LogP contribution in [0.5, 0.6) is 0 Å². The Kier molecular flexibility index (Phi) is 5.50. The zero-order valence-corrected chi connectivity index (χ0v) is 12.2. The van der Waals surface area contributed by atoms with Crippen molar-refractivity contribution in [2.75, 3.05) is 12.3 Å². The van der Waals surface area contributed by atoms with E-state index in [9.17, 15) is 0 Å². The molecule has 1 N–H and O–H groups in total. The summed E-state index contributed by atoms with van der Waals surface area (Å²) in [6.07, 6.45) is 7.08. The van der Waals surface area contributed by atoms with Crippen LogP contribution in [-0.2, 0) is 6.54 Å². The van der Waals surface area contributed by atoms with E-state index in [0.29, 0.717) is 11.3 Å². The van der Waals surface area contributed by atoms with Gasteiger partial charge in [-0.2, -0.15) is 11.8 Å². The molecule has 0 radical (unpaired) electrons. The van der Waals surface area contributed by atoms with Crippen molar-refractivity contribution < 1.29 is 0 Å². The monoisotopic (exact) mass is 268 g/mol. The van der Waals surface area contributed by atoms with Crippen molar-refractivity contribution >= 4 is 11.8 Å². The quantitative estimate of drug-likeness (QED) is 0.861. The Labute approximate surface area is 114 Å². The van der Waals surface area contributed by atoms with E-state index in [2.05, 4.69) is 45.9 Å². The zero-order chi connectivity index (χ0) is 12.8. The van der Waals surface area contributed by atoms with Gasteiger partial charge in [-0.25, -0.2) is 4.68 Å². The van der Waals surface area contributed by atoms with Crippen LogP contribution in [-0.4, -0.2) is 32.5 Å². The van der Waals surface area contributed by atoms with Crippen molar-refractivity contribution in [2.45, 2.75) is 57.4 Å². The van der Waals surface area contributed by atoms with Gasteiger partial charge in [0.15, 0.2) is 0 Å². The summed E-state index contributed by atoms with van der Waals surface area (Å²) in [6.45, 7) is 6.32. The number of thioether (sulfide) groups is 1. The number of nitrogens with zero attached hydrogens (tertiary/aromatic N) is 3. The standard InChI is InChI=1S/C13H24N4S/c1-3-8-17-11(10-15-16-17)13(14-4-2)12-7-5-6-9-18-12/h10,12-14H,3-9H2,1-2H3. The van der Waals surface area contributed by atoms with Crippen LogP contribution < -0.4 is 5.32 Å². The number of rotatable bonds is 6. The second kappa shape index (κ2) is 7.14. The van der Waals surface area contributed by atoms with E-state index in [1.54, 1.807) is 0 Å². The molecule has 1 fully saturated rings. The van der Waals surface area contributed by atoms with Crippen molar-refractivity contribution in [2.24, 2.45) is 0 Å². The van der Waals surface area contributed by atoms with Crippen molar-refractivity contribution in [3.63, 3.8) is 0 Å². The van der Waals surface area contributed by atoms with Gasteiger partial charge in [0.1, 0.15) is 0 Å². The van der Waals surface area contributed by atoms with Crippen LogP contribution in [0.4, 0.5) is 0 Å². The van der Waals surface area contributed by atoms with Gasteiger partial charge >= 0.3 is 0 Å². The molecule has 0 amide bonds. The summed E-state index contributed by atoms with van der Waals surface area (Å²) < 4.78 is 2.07. The molecule has 2 rings (SSSR count). The molecule has 0 saturated carbocycles. The minimum atomic E-state index is 0.404. The molecule has 1 aromatic heterocycles. The summed E-state index contributed by atoms with van der Waals surface area (Å²) in [5.41, 5.74) is 1.26. The molecule has 1 aromatic rings. The molecule has 0 spiro atoms. The number of hydrogen-bond donors (Lipinski definition) is 1. The number of aryl methyl sites for hydroxylation is 1. The number of aromatic nitrogens is 3. The molecule has 2 heterocycles. The van der Waals surface area contributed by atoms with Gasteiger partial charge in [-0.3, -0.25) is 0 Å². The van der Waals surface area contributed by atoms with E-state index < -0.39 is 0 Å². The second-order valence-electron chi connectivity index (χ2n) is 4.82. The van der Waals surface area contributed by atoms with Crippen molar-refractivity contribution in [1.82, 2.24) is 20.3 Å². The number of hydrogen-bond acceptors (Lipinski definition) is 4. The van der Waals surface area contributed by atoms with Crippen molar-refractivity contribution in [3.05, 3.63) is 11.9 Å². The molecule has 18 heavy (non-hydrogen) atoms. The van der Waals surface area contributed by atoms with E-state index >= 15 is 0 Å². The zero-order valence-electron chi connectivity index (χ0n) is 11.4. The predicted octanol–water partition coefficient (Wildman–Crippen LogP) is 2.62. The van der Waals surface area contributed by atoms with E-state index in [0.717, 1.165) is 19.5 Å². The number of nitrogens with one attached hydrogen (secondary N) is 1. The third-order valence-electron chi connectivity index (χ3n) is 3.41. The summed E-state index contributed by atoms with van der Waals surface area (Å²) in [5, 5.41) is 12.6. The van der Waals surface area contributed by atoms with Crippen LogP contribution in [0.3, 0.4) is 0 Å². The largest absolute Gasteiger partial charge is 0.308 e. The molecule has 4 nitrogen and oxygen atoms in total. The van der Waals surface area contributed by atoms with Crippen LogP contribution in [0.25, 0.3) is 0 Å². The first-order valence-corrected chi connectivity index (χ1v) is 8.15. The lowest BCUT2D eigenvalue weighted by Crippen LogP contribution is -2.33. The van der Waals surface area contributed by atoms with E-state index in [-0.39, 0.29) is 0 Å². The molecule has 1 aliphatic heterocycles. The Morgan fingerprint density at radius 2 is 2.39 bits per heavy atom. The minimum Gasteiger partial charge on any atom is -0.308 e. The van der Waals surface area contributed by atoms with Gasteiger partial charge in [-0.1, -0.05) is 25.5 Å². The average molecular weight is 268 g/mol. The van der Waals surface area contributed by atoms with Crippen molar-refractivity contribution in [3.8, 4) is 0 Å². The lowest BCUT2D eigenvalue weighted by Gasteiger charge is -2.30. The molecule has 0 bridgehead atoms. The molecule has 1 saturated heterocycles. The molecule has 0 aromatic carbocycles. The van der Waals surface area contributed by atoms with Gasteiger partial charge < -0.3 is 5.32 Å². The Morgan fingerprint density at radius 1 is 1.50 bits per heavy atom. The van der Waals surface area contributed by atoms with Gasteiger partial charge in [0.05, 0.1) is 17.9 Å². The Morgan fingerprint density at radius 3 is 3.06 bits per heavy atom. The van der Waals surface area contributed by atoms with Crippen LogP contribution in [0, 0.1) is 0 Å². The third-order valence-corrected chi connectivity index (χ3v) is 4.87. The fourth-order valence-corrected chi connectivity index (χ4v) is 4.00. The molecule has 2 unspecified atom stereocenters. The second-order valence-corrected chi connectivity index (χ2v) is 6.17. The molecule has 2 atom stereocenters. The summed E-state index contributed by atoms with van der Waals surface area (Å²) in [4.78, 5) is 0. The Balaban J connectivity index is 2.14. The average Bonchev–Trinajstić information content (AvgIpc) is 2.85. The Hall–Kier alpha value is -0.550. The highest BCUT2D eigenvalue weighted by Crippen LogP contribution is 2.34. The summed E-state index contributed by atoms with van der Waals surface area (Å²) in [7, 11) is 0. The van der Waals surface area contributed by atoms with Gasteiger partial charge in [0.2, 0.25) is 0 Å². The predicted molar refractivity (Wildman–Crippen MR) is 76.8 cm³/mol. The van der Waals surface area contributed by atoms with Gasteiger partial charge in [0.25, 0.3) is 0 Å². The van der Waals surface area contributed by atoms with E-state index in [1.807, 2.05) is 6.20 Å². The maximum atomic E-state index is 4.22. The molecular weight excluding hydrogens is 244 g/mol. The minimum absolute atomic E-state index is 0.404. The van der Waals surface area contributed by atoms with Gasteiger partial charge in [-0.05, 0) is 31.6 Å². The highest BCUT2D eigenvalue weighted by molar-refractivity contribution is 8.00. The lowest BCUT2D eigenvalue weighted by molar-refractivity contribution is 0.444. The highest BCUT2D eigenvalue weighted by atomic mass is 32.2. The Bertz CT molecular complexity index is 347. The van der Waals surface area contributed by atoms with Crippen LogP contribution in [0.1, 0.15) is 51.3 Å². The van der Waals surface area contributed by atoms with Gasteiger partial charge in [0, 0.05) is 11.8 Å². The normalized spacial score (nSPS) is 22.0. The lowest BCUT2D eigenvalue weighted by atomic mass is 10.0. The molecule has 5 heteroatoms. The first-order valence-electron chi connectivity index (χ1n) is 7.10. The third kappa shape index (κ3) is 3.26. The molecule has 0 aliphatic carbocycles.